The maximum absolute atomic E-state index is 12.4. The minimum atomic E-state index is 0.111. The summed E-state index contributed by atoms with van der Waals surface area (Å²) in [6.45, 7) is 5.24. The Morgan fingerprint density at radius 2 is 1.60 bits per heavy atom. The highest BCUT2D eigenvalue weighted by Gasteiger charge is 2.28. The lowest BCUT2D eigenvalue weighted by Crippen LogP contribution is -2.23. The molecule has 0 amide bonds. The van der Waals surface area contributed by atoms with Gasteiger partial charge in [-0.2, -0.15) is 0 Å². The van der Waals surface area contributed by atoms with Crippen molar-refractivity contribution in [2.45, 2.75) is 90.4 Å². The lowest BCUT2D eigenvalue weighted by molar-refractivity contribution is -0.123. The molecule has 2 nitrogen and oxygen atoms in total. The van der Waals surface area contributed by atoms with Gasteiger partial charge in [-0.1, -0.05) is 70.9 Å². The van der Waals surface area contributed by atoms with Gasteiger partial charge >= 0.3 is 0 Å². The van der Waals surface area contributed by atoms with E-state index in [1.807, 2.05) is 12.1 Å². The van der Waals surface area contributed by atoms with Crippen molar-refractivity contribution in [1.82, 2.24) is 0 Å². The molecule has 1 aromatic rings. The fraction of sp³-hybridized carbons (Fsp3) is 0.696. The van der Waals surface area contributed by atoms with Gasteiger partial charge in [-0.25, -0.2) is 0 Å². The molecule has 25 heavy (non-hydrogen) atoms. The van der Waals surface area contributed by atoms with Gasteiger partial charge in [0.25, 0.3) is 0 Å². The predicted octanol–water partition coefficient (Wildman–Crippen LogP) is 6.68. The summed E-state index contributed by atoms with van der Waals surface area (Å²) in [5.41, 5.74) is 1.17. The van der Waals surface area contributed by atoms with Crippen LogP contribution in [0.25, 0.3) is 0 Å². The summed E-state index contributed by atoms with van der Waals surface area (Å²) >= 11 is 0. The van der Waals surface area contributed by atoms with E-state index in [2.05, 4.69) is 26.0 Å². The number of carbonyl (C=O) groups is 1. The third-order valence-electron chi connectivity index (χ3n) is 5.62. The molecule has 0 spiro atoms. The summed E-state index contributed by atoms with van der Waals surface area (Å²) in [4.78, 5) is 12.4. The molecule has 1 saturated carbocycles. The fourth-order valence-corrected chi connectivity index (χ4v) is 3.84. The predicted molar refractivity (Wildman–Crippen MR) is 105 cm³/mol. The van der Waals surface area contributed by atoms with Crippen LogP contribution in [0.15, 0.2) is 24.3 Å². The van der Waals surface area contributed by atoms with E-state index in [1.54, 1.807) is 0 Å². The molecule has 0 heterocycles. The minimum Gasteiger partial charge on any atom is -0.494 e. The summed E-state index contributed by atoms with van der Waals surface area (Å²) in [5.74, 6) is 2.08. The first-order valence-electron chi connectivity index (χ1n) is 10.5. The molecule has 0 aromatic heterocycles. The van der Waals surface area contributed by atoms with Crippen molar-refractivity contribution in [3.05, 3.63) is 29.8 Å². The van der Waals surface area contributed by atoms with Gasteiger partial charge in [0, 0.05) is 12.3 Å². The standard InChI is InChI=1S/C23H36O2/c1-3-5-6-7-8-9-10-17-25-21-14-12-20(13-15-21)22-16-11-19(4-2)18-23(22)24/h12-15,19,22H,3-11,16-18H2,1-2H3/t19-,22+/m0/s1. The zero-order valence-corrected chi connectivity index (χ0v) is 16.3. The smallest absolute Gasteiger partial charge is 0.140 e. The topological polar surface area (TPSA) is 26.3 Å². The van der Waals surface area contributed by atoms with E-state index in [-0.39, 0.29) is 5.92 Å². The molecule has 2 heteroatoms. The first-order valence-corrected chi connectivity index (χ1v) is 10.5. The summed E-state index contributed by atoms with van der Waals surface area (Å²) in [6.07, 6.45) is 13.2. The van der Waals surface area contributed by atoms with Crippen LogP contribution in [0.4, 0.5) is 0 Å². The van der Waals surface area contributed by atoms with Gasteiger partial charge in [-0.15, -0.1) is 0 Å². The monoisotopic (exact) mass is 344 g/mol. The second-order valence-corrected chi connectivity index (χ2v) is 7.61. The largest absolute Gasteiger partial charge is 0.494 e. The maximum atomic E-state index is 12.4. The Bertz CT molecular complexity index is 491. The number of hydrogen-bond donors (Lipinski definition) is 0. The van der Waals surface area contributed by atoms with Crippen molar-refractivity contribution in [1.29, 1.82) is 0 Å². The number of rotatable bonds is 11. The number of ketones is 1. The maximum Gasteiger partial charge on any atom is 0.140 e. The van der Waals surface area contributed by atoms with E-state index < -0.39 is 0 Å². The van der Waals surface area contributed by atoms with Gasteiger partial charge in [0.2, 0.25) is 0 Å². The molecule has 140 valence electrons. The Kier molecular flexibility index (Phi) is 9.07. The molecule has 0 aliphatic heterocycles. The third kappa shape index (κ3) is 6.84. The SMILES string of the molecule is CCCCCCCCCOc1ccc([C@H]2CC[C@H](CC)CC2=O)cc1. The quantitative estimate of drug-likeness (QED) is 0.419. The molecule has 2 atom stereocenters. The average Bonchev–Trinajstić information content (AvgIpc) is 2.64. The Hall–Kier alpha value is -1.31. The average molecular weight is 345 g/mol. The van der Waals surface area contributed by atoms with E-state index in [0.29, 0.717) is 11.7 Å². The van der Waals surface area contributed by atoms with E-state index in [0.717, 1.165) is 38.0 Å². The van der Waals surface area contributed by atoms with Crippen molar-refractivity contribution in [3.8, 4) is 5.75 Å². The van der Waals surface area contributed by atoms with Crippen molar-refractivity contribution in [2.75, 3.05) is 6.61 Å². The molecule has 0 unspecified atom stereocenters. The van der Waals surface area contributed by atoms with E-state index in [4.69, 9.17) is 4.74 Å². The number of Topliss-reactive ketones (excluding diaryl/α,β-unsaturated/α-hetero) is 1. The van der Waals surface area contributed by atoms with Crippen molar-refractivity contribution in [3.63, 3.8) is 0 Å². The number of ether oxygens (including phenoxy) is 1. The van der Waals surface area contributed by atoms with Gasteiger partial charge < -0.3 is 4.74 Å². The van der Waals surface area contributed by atoms with Crippen LogP contribution in [0.2, 0.25) is 0 Å². The molecule has 0 saturated heterocycles. The Morgan fingerprint density at radius 3 is 2.24 bits per heavy atom. The summed E-state index contributed by atoms with van der Waals surface area (Å²) in [5, 5.41) is 0. The molecule has 1 aromatic carbocycles. The number of carbonyl (C=O) groups excluding carboxylic acids is 1. The van der Waals surface area contributed by atoms with Crippen LogP contribution in [-0.2, 0) is 4.79 Å². The first-order chi connectivity index (χ1) is 12.2. The molecule has 0 radical (unpaired) electrons. The van der Waals surface area contributed by atoms with Gasteiger partial charge in [-0.3, -0.25) is 4.79 Å². The fourth-order valence-electron chi connectivity index (χ4n) is 3.84. The van der Waals surface area contributed by atoms with Crippen molar-refractivity contribution in [2.24, 2.45) is 5.92 Å². The van der Waals surface area contributed by atoms with Gasteiger partial charge in [0.05, 0.1) is 6.61 Å². The zero-order valence-electron chi connectivity index (χ0n) is 16.3. The lowest BCUT2D eigenvalue weighted by atomic mass is 9.77. The van der Waals surface area contributed by atoms with Crippen LogP contribution < -0.4 is 4.74 Å². The second kappa shape index (κ2) is 11.3. The van der Waals surface area contributed by atoms with Crippen molar-refractivity contribution < 1.29 is 9.53 Å². The zero-order chi connectivity index (χ0) is 17.9. The highest BCUT2D eigenvalue weighted by Crippen LogP contribution is 2.35. The van der Waals surface area contributed by atoms with Crippen LogP contribution in [0.5, 0.6) is 5.75 Å². The summed E-state index contributed by atoms with van der Waals surface area (Å²) in [6, 6.07) is 8.26. The molecule has 0 N–H and O–H groups in total. The van der Waals surface area contributed by atoms with Crippen molar-refractivity contribution >= 4 is 5.78 Å². The van der Waals surface area contributed by atoms with E-state index in [1.165, 1.54) is 50.5 Å². The number of unbranched alkanes of at least 4 members (excludes halogenated alkanes) is 6. The third-order valence-corrected chi connectivity index (χ3v) is 5.62. The summed E-state index contributed by atoms with van der Waals surface area (Å²) < 4.78 is 5.85. The molecule has 1 aliphatic rings. The Morgan fingerprint density at radius 1 is 0.920 bits per heavy atom. The van der Waals surface area contributed by atoms with Gasteiger partial charge in [-0.05, 0) is 42.9 Å². The Labute approximate surface area is 154 Å². The highest BCUT2D eigenvalue weighted by atomic mass is 16.5. The molecule has 1 fully saturated rings. The molecular formula is C23H36O2. The number of benzene rings is 1. The van der Waals surface area contributed by atoms with Crippen LogP contribution in [0.1, 0.15) is 96.0 Å². The Balaban J connectivity index is 1.67. The second-order valence-electron chi connectivity index (χ2n) is 7.61. The van der Waals surface area contributed by atoms with Crippen LogP contribution in [-0.4, -0.2) is 12.4 Å². The van der Waals surface area contributed by atoms with Crippen LogP contribution in [0.3, 0.4) is 0 Å². The molecule has 1 aliphatic carbocycles. The molecular weight excluding hydrogens is 308 g/mol. The van der Waals surface area contributed by atoms with Crippen LogP contribution >= 0.6 is 0 Å². The van der Waals surface area contributed by atoms with Crippen LogP contribution in [0, 0.1) is 5.92 Å². The van der Waals surface area contributed by atoms with Gasteiger partial charge in [0.15, 0.2) is 0 Å². The molecule has 0 bridgehead atoms. The lowest BCUT2D eigenvalue weighted by Gasteiger charge is -2.27. The minimum absolute atomic E-state index is 0.111. The summed E-state index contributed by atoms with van der Waals surface area (Å²) in [7, 11) is 0. The first kappa shape index (κ1) is 20.0. The van der Waals surface area contributed by atoms with E-state index >= 15 is 0 Å². The highest BCUT2D eigenvalue weighted by molar-refractivity contribution is 5.86. The van der Waals surface area contributed by atoms with E-state index in [9.17, 15) is 4.79 Å². The molecule has 2 rings (SSSR count). The normalized spacial score (nSPS) is 20.6. The number of hydrogen-bond acceptors (Lipinski definition) is 2. The van der Waals surface area contributed by atoms with Gasteiger partial charge in [0.1, 0.15) is 11.5 Å².